The molecule has 0 unspecified atom stereocenters. The monoisotopic (exact) mass is 349 g/mol. The van der Waals surface area contributed by atoms with Crippen molar-refractivity contribution < 1.29 is 13.5 Å². The summed E-state index contributed by atoms with van der Waals surface area (Å²) in [7, 11) is -3.62. The molecule has 0 spiro atoms. The topological polar surface area (TPSA) is 66.4 Å². The van der Waals surface area contributed by atoms with E-state index in [1.807, 2.05) is 20.8 Å². The van der Waals surface area contributed by atoms with Crippen molar-refractivity contribution in [3.05, 3.63) is 28.2 Å². The zero-order valence-corrected chi connectivity index (χ0v) is 13.8. The van der Waals surface area contributed by atoms with Crippen LogP contribution in [0.15, 0.2) is 27.6 Å². The summed E-state index contributed by atoms with van der Waals surface area (Å²) >= 11 is 3.26. The lowest BCUT2D eigenvalue weighted by Gasteiger charge is -2.25. The number of sulfonamides is 1. The van der Waals surface area contributed by atoms with E-state index in [0.717, 1.165) is 5.56 Å². The SMILES string of the molecule is CCC(O)(CC)CNS(=O)(=O)c1ccc(C)cc1Br. The lowest BCUT2D eigenvalue weighted by atomic mass is 9.98. The highest BCUT2D eigenvalue weighted by Gasteiger charge is 2.26. The highest BCUT2D eigenvalue weighted by atomic mass is 79.9. The second-order valence-electron chi connectivity index (χ2n) is 4.69. The van der Waals surface area contributed by atoms with Crippen LogP contribution in [0, 0.1) is 6.92 Å². The Morgan fingerprint density at radius 2 is 1.89 bits per heavy atom. The maximum absolute atomic E-state index is 12.2. The number of halogens is 1. The normalized spacial score (nSPS) is 12.7. The Kier molecular flexibility index (Phi) is 5.55. The molecule has 0 aromatic heterocycles. The van der Waals surface area contributed by atoms with Gasteiger partial charge >= 0.3 is 0 Å². The molecule has 0 amide bonds. The van der Waals surface area contributed by atoms with Gasteiger partial charge in [0.1, 0.15) is 0 Å². The van der Waals surface area contributed by atoms with Gasteiger partial charge in [-0.2, -0.15) is 0 Å². The molecule has 0 aliphatic heterocycles. The third-order valence-corrected chi connectivity index (χ3v) is 5.66. The van der Waals surface area contributed by atoms with E-state index in [0.29, 0.717) is 17.3 Å². The summed E-state index contributed by atoms with van der Waals surface area (Å²) in [5, 5.41) is 10.1. The maximum Gasteiger partial charge on any atom is 0.241 e. The van der Waals surface area contributed by atoms with Crippen molar-refractivity contribution in [2.75, 3.05) is 6.54 Å². The smallest absolute Gasteiger partial charge is 0.241 e. The van der Waals surface area contributed by atoms with Crippen LogP contribution in [0.25, 0.3) is 0 Å². The van der Waals surface area contributed by atoms with Crippen LogP contribution in [0.5, 0.6) is 0 Å². The molecule has 6 heteroatoms. The van der Waals surface area contributed by atoms with Gasteiger partial charge in [0.05, 0.1) is 10.5 Å². The summed E-state index contributed by atoms with van der Waals surface area (Å²) in [6.07, 6.45) is 1.00. The summed E-state index contributed by atoms with van der Waals surface area (Å²) in [5.41, 5.74) is -0.0195. The highest BCUT2D eigenvalue weighted by Crippen LogP contribution is 2.23. The minimum Gasteiger partial charge on any atom is -0.389 e. The molecular formula is C13H20BrNO3S. The second-order valence-corrected chi connectivity index (χ2v) is 7.28. The Morgan fingerprint density at radius 3 is 2.37 bits per heavy atom. The molecule has 0 heterocycles. The van der Waals surface area contributed by atoms with Crippen LogP contribution in [0.2, 0.25) is 0 Å². The zero-order chi connectivity index (χ0) is 14.7. The van der Waals surface area contributed by atoms with Gasteiger partial charge in [-0.15, -0.1) is 0 Å². The van der Waals surface area contributed by atoms with Gasteiger partial charge in [-0.3, -0.25) is 0 Å². The van der Waals surface area contributed by atoms with Crippen molar-refractivity contribution in [1.29, 1.82) is 0 Å². The molecule has 4 nitrogen and oxygen atoms in total. The summed E-state index contributed by atoms with van der Waals surface area (Å²) < 4.78 is 27.4. The van der Waals surface area contributed by atoms with Gasteiger partial charge < -0.3 is 5.11 Å². The Morgan fingerprint density at radius 1 is 1.32 bits per heavy atom. The van der Waals surface area contributed by atoms with Crippen molar-refractivity contribution in [3.8, 4) is 0 Å². The molecule has 0 saturated carbocycles. The van der Waals surface area contributed by atoms with E-state index in [9.17, 15) is 13.5 Å². The van der Waals surface area contributed by atoms with Crippen LogP contribution in [0.3, 0.4) is 0 Å². The Labute approximate surface area is 123 Å². The second kappa shape index (κ2) is 6.35. The maximum atomic E-state index is 12.2. The van der Waals surface area contributed by atoms with Gasteiger partial charge in [0, 0.05) is 11.0 Å². The molecule has 0 aliphatic carbocycles. The number of hydrogen-bond acceptors (Lipinski definition) is 3. The summed E-state index contributed by atoms with van der Waals surface area (Å²) in [6.45, 7) is 5.57. The fourth-order valence-electron chi connectivity index (χ4n) is 1.63. The molecule has 108 valence electrons. The highest BCUT2D eigenvalue weighted by molar-refractivity contribution is 9.10. The average molecular weight is 350 g/mol. The van der Waals surface area contributed by atoms with E-state index in [2.05, 4.69) is 20.7 Å². The minimum absolute atomic E-state index is 0.0165. The van der Waals surface area contributed by atoms with E-state index in [1.54, 1.807) is 18.2 Å². The minimum atomic E-state index is -3.62. The number of nitrogens with one attached hydrogen (secondary N) is 1. The standard InChI is InChI=1S/C13H20BrNO3S/c1-4-13(16,5-2)9-15-19(17,18)12-7-6-10(3)8-11(12)14/h6-8,15-16H,4-5,9H2,1-3H3. The van der Waals surface area contributed by atoms with Crippen molar-refractivity contribution in [2.45, 2.75) is 44.1 Å². The molecule has 0 bridgehead atoms. The fourth-order valence-corrected chi connectivity index (χ4v) is 3.94. The van der Waals surface area contributed by atoms with Gasteiger partial charge in [-0.25, -0.2) is 13.1 Å². The largest absolute Gasteiger partial charge is 0.389 e. The molecule has 0 fully saturated rings. The van der Waals surface area contributed by atoms with Gasteiger partial charge in [0.25, 0.3) is 0 Å². The van der Waals surface area contributed by atoms with E-state index in [-0.39, 0.29) is 11.4 Å². The van der Waals surface area contributed by atoms with E-state index in [1.165, 1.54) is 0 Å². The van der Waals surface area contributed by atoms with Crippen LogP contribution < -0.4 is 4.72 Å². The number of aryl methyl sites for hydroxylation is 1. The van der Waals surface area contributed by atoms with E-state index >= 15 is 0 Å². The number of benzene rings is 1. The zero-order valence-electron chi connectivity index (χ0n) is 11.4. The van der Waals surface area contributed by atoms with Crippen molar-refractivity contribution in [2.24, 2.45) is 0 Å². The molecule has 0 saturated heterocycles. The number of rotatable bonds is 6. The molecular weight excluding hydrogens is 330 g/mol. The average Bonchev–Trinajstić information content (AvgIpc) is 2.35. The molecule has 1 aromatic carbocycles. The summed E-state index contributed by atoms with van der Waals surface area (Å²) in [4.78, 5) is 0.188. The lowest BCUT2D eigenvalue weighted by molar-refractivity contribution is 0.0377. The summed E-state index contributed by atoms with van der Waals surface area (Å²) in [6, 6.07) is 5.05. The van der Waals surface area contributed by atoms with Gasteiger partial charge in [-0.05, 0) is 53.4 Å². The van der Waals surface area contributed by atoms with Gasteiger partial charge in [-0.1, -0.05) is 19.9 Å². The van der Waals surface area contributed by atoms with Gasteiger partial charge in [0.15, 0.2) is 0 Å². The molecule has 0 radical (unpaired) electrons. The van der Waals surface area contributed by atoms with Crippen molar-refractivity contribution >= 4 is 26.0 Å². The Bertz CT molecular complexity index is 539. The lowest BCUT2D eigenvalue weighted by Crippen LogP contribution is -2.42. The first-order valence-electron chi connectivity index (χ1n) is 6.22. The van der Waals surface area contributed by atoms with Crippen LogP contribution in [0.4, 0.5) is 0 Å². The van der Waals surface area contributed by atoms with Crippen LogP contribution in [0.1, 0.15) is 32.3 Å². The number of aliphatic hydroxyl groups is 1. The first-order valence-corrected chi connectivity index (χ1v) is 8.50. The molecule has 1 rings (SSSR count). The molecule has 1 aromatic rings. The summed E-state index contributed by atoms with van der Waals surface area (Å²) in [5.74, 6) is 0. The quantitative estimate of drug-likeness (QED) is 0.829. The van der Waals surface area contributed by atoms with Crippen LogP contribution in [-0.2, 0) is 10.0 Å². The number of hydrogen-bond donors (Lipinski definition) is 2. The predicted molar refractivity (Wildman–Crippen MR) is 79.6 cm³/mol. The Balaban J connectivity index is 2.93. The third kappa shape index (κ3) is 4.27. The fraction of sp³-hybridized carbons (Fsp3) is 0.538. The molecule has 19 heavy (non-hydrogen) atoms. The first-order chi connectivity index (χ1) is 8.74. The molecule has 2 N–H and O–H groups in total. The van der Waals surface area contributed by atoms with E-state index in [4.69, 9.17) is 0 Å². The van der Waals surface area contributed by atoms with Crippen LogP contribution >= 0.6 is 15.9 Å². The Hall–Kier alpha value is -0.430. The molecule has 0 atom stereocenters. The molecule has 0 aliphatic rings. The van der Waals surface area contributed by atoms with E-state index < -0.39 is 15.6 Å². The van der Waals surface area contributed by atoms with Crippen molar-refractivity contribution in [1.82, 2.24) is 4.72 Å². The first kappa shape index (κ1) is 16.6. The third-order valence-electron chi connectivity index (χ3n) is 3.28. The van der Waals surface area contributed by atoms with Crippen molar-refractivity contribution in [3.63, 3.8) is 0 Å². The van der Waals surface area contributed by atoms with Gasteiger partial charge in [0.2, 0.25) is 10.0 Å². The van der Waals surface area contributed by atoms with Crippen LogP contribution in [-0.4, -0.2) is 25.7 Å². The predicted octanol–water partition coefficient (Wildman–Crippen LogP) is 2.59.